The van der Waals surface area contributed by atoms with Crippen LogP contribution in [0.25, 0.3) is 11.3 Å². The van der Waals surface area contributed by atoms with E-state index >= 15 is 0 Å². The third kappa shape index (κ3) is 2.88. The molecule has 17 heavy (non-hydrogen) atoms. The lowest BCUT2D eigenvalue weighted by atomic mass is 10.2. The van der Waals surface area contributed by atoms with Gasteiger partial charge in [0.25, 0.3) is 0 Å². The maximum atomic E-state index is 5.54. The molecule has 2 rings (SSSR count). The molecule has 0 aliphatic rings. The zero-order valence-electron chi connectivity index (χ0n) is 9.30. The smallest absolute Gasteiger partial charge is 0.220 e. The maximum Gasteiger partial charge on any atom is 0.220 e. The average molecular weight is 230 g/mol. The largest absolute Gasteiger partial charge is 0.369 e. The fourth-order valence-corrected chi connectivity index (χ4v) is 1.42. The summed E-state index contributed by atoms with van der Waals surface area (Å²) in [4.78, 5) is 12.2. The van der Waals surface area contributed by atoms with Crippen LogP contribution in [0.15, 0.2) is 30.6 Å². The molecule has 0 saturated heterocycles. The summed E-state index contributed by atoms with van der Waals surface area (Å²) in [6, 6.07) is 5.57. The Kier molecular flexibility index (Phi) is 3.46. The summed E-state index contributed by atoms with van der Waals surface area (Å²) in [5.41, 5.74) is 12.7. The van der Waals surface area contributed by atoms with Crippen LogP contribution in [0.1, 0.15) is 0 Å². The number of anilines is 2. The lowest BCUT2D eigenvalue weighted by Crippen LogP contribution is -2.13. The van der Waals surface area contributed by atoms with E-state index in [-0.39, 0.29) is 5.95 Å². The quantitative estimate of drug-likeness (QED) is 0.706. The van der Waals surface area contributed by atoms with Crippen LogP contribution in [0.3, 0.4) is 0 Å². The first-order valence-corrected chi connectivity index (χ1v) is 5.28. The molecule has 88 valence electrons. The molecular formula is C11H14N6. The Labute approximate surface area is 99.1 Å². The maximum absolute atomic E-state index is 5.54. The topological polar surface area (TPSA) is 103 Å². The van der Waals surface area contributed by atoms with E-state index in [1.54, 1.807) is 18.5 Å². The van der Waals surface area contributed by atoms with Gasteiger partial charge in [0.2, 0.25) is 5.95 Å². The van der Waals surface area contributed by atoms with Gasteiger partial charge in [-0.3, -0.25) is 0 Å². The molecule has 0 spiro atoms. The van der Waals surface area contributed by atoms with Crippen molar-refractivity contribution in [3.63, 3.8) is 0 Å². The molecule has 0 unspecified atom stereocenters. The minimum Gasteiger partial charge on any atom is -0.369 e. The number of nitrogens with one attached hydrogen (secondary N) is 1. The summed E-state index contributed by atoms with van der Waals surface area (Å²) in [5.74, 6) is 1.03. The molecule has 6 heteroatoms. The molecule has 5 N–H and O–H groups in total. The lowest BCUT2D eigenvalue weighted by molar-refractivity contribution is 1.01. The van der Waals surface area contributed by atoms with Crippen molar-refractivity contribution in [2.75, 3.05) is 24.1 Å². The fraction of sp³-hybridized carbons (Fsp3) is 0.182. The third-order valence-electron chi connectivity index (χ3n) is 2.18. The fourth-order valence-electron chi connectivity index (χ4n) is 1.42. The Bertz CT molecular complexity index is 499. The van der Waals surface area contributed by atoms with Gasteiger partial charge in [0, 0.05) is 31.0 Å². The summed E-state index contributed by atoms with van der Waals surface area (Å²) < 4.78 is 0. The van der Waals surface area contributed by atoms with Crippen molar-refractivity contribution in [3.8, 4) is 11.3 Å². The van der Waals surface area contributed by atoms with Crippen LogP contribution < -0.4 is 16.8 Å². The van der Waals surface area contributed by atoms with E-state index in [0.29, 0.717) is 13.1 Å². The Morgan fingerprint density at radius 2 is 2.00 bits per heavy atom. The molecule has 0 aliphatic carbocycles. The standard InChI is InChI=1S/C11H14N6/c12-3-6-15-10-7-8(1-4-14-10)9-2-5-16-11(13)17-9/h1-2,4-5,7H,3,6,12H2,(H,14,15)(H2,13,16,17). The Morgan fingerprint density at radius 3 is 2.76 bits per heavy atom. The van der Waals surface area contributed by atoms with Gasteiger partial charge in [0.1, 0.15) is 5.82 Å². The molecule has 0 bridgehead atoms. The Balaban J connectivity index is 2.26. The van der Waals surface area contributed by atoms with E-state index in [4.69, 9.17) is 11.5 Å². The van der Waals surface area contributed by atoms with Crippen LogP contribution in [0.4, 0.5) is 11.8 Å². The van der Waals surface area contributed by atoms with Crippen LogP contribution in [0.2, 0.25) is 0 Å². The SMILES string of the molecule is NCCNc1cc(-c2ccnc(N)n2)ccn1. The van der Waals surface area contributed by atoms with Crippen molar-refractivity contribution < 1.29 is 0 Å². The summed E-state index contributed by atoms with van der Waals surface area (Å²) in [7, 11) is 0. The van der Waals surface area contributed by atoms with Gasteiger partial charge in [0.05, 0.1) is 5.69 Å². The first kappa shape index (κ1) is 11.3. The molecular weight excluding hydrogens is 216 g/mol. The number of nitrogens with two attached hydrogens (primary N) is 2. The molecule has 2 aromatic heterocycles. The van der Waals surface area contributed by atoms with Gasteiger partial charge in [-0.15, -0.1) is 0 Å². The summed E-state index contributed by atoms with van der Waals surface area (Å²) in [5, 5.41) is 3.11. The highest BCUT2D eigenvalue weighted by Gasteiger charge is 2.02. The van der Waals surface area contributed by atoms with Crippen LogP contribution >= 0.6 is 0 Å². The monoisotopic (exact) mass is 230 g/mol. The highest BCUT2D eigenvalue weighted by Crippen LogP contribution is 2.18. The minimum atomic E-state index is 0.260. The number of rotatable bonds is 4. The predicted octanol–water partition coefficient (Wildman–Crippen LogP) is 0.491. The van der Waals surface area contributed by atoms with Gasteiger partial charge in [-0.1, -0.05) is 0 Å². The van der Waals surface area contributed by atoms with Gasteiger partial charge in [-0.2, -0.15) is 0 Å². The Morgan fingerprint density at radius 1 is 1.18 bits per heavy atom. The van der Waals surface area contributed by atoms with Crippen molar-refractivity contribution in [1.82, 2.24) is 15.0 Å². The molecule has 6 nitrogen and oxygen atoms in total. The number of aromatic nitrogens is 3. The van der Waals surface area contributed by atoms with Gasteiger partial charge in [0.15, 0.2) is 0 Å². The molecule has 0 aromatic carbocycles. The number of hydrogen-bond donors (Lipinski definition) is 3. The summed E-state index contributed by atoms with van der Waals surface area (Å²) >= 11 is 0. The van der Waals surface area contributed by atoms with Crippen molar-refractivity contribution in [1.29, 1.82) is 0 Å². The molecule has 2 aromatic rings. The van der Waals surface area contributed by atoms with Gasteiger partial charge < -0.3 is 16.8 Å². The van der Waals surface area contributed by atoms with E-state index < -0.39 is 0 Å². The van der Waals surface area contributed by atoms with Crippen LogP contribution in [-0.2, 0) is 0 Å². The van der Waals surface area contributed by atoms with Crippen molar-refractivity contribution in [2.45, 2.75) is 0 Å². The zero-order valence-corrected chi connectivity index (χ0v) is 9.30. The molecule has 0 radical (unpaired) electrons. The van der Waals surface area contributed by atoms with Gasteiger partial charge in [-0.05, 0) is 18.2 Å². The average Bonchev–Trinajstić information content (AvgIpc) is 2.37. The molecule has 0 fully saturated rings. The first-order chi connectivity index (χ1) is 8.29. The van der Waals surface area contributed by atoms with Gasteiger partial charge >= 0.3 is 0 Å². The number of nitrogens with zero attached hydrogens (tertiary/aromatic N) is 3. The van der Waals surface area contributed by atoms with E-state index in [2.05, 4.69) is 20.3 Å². The highest BCUT2D eigenvalue weighted by atomic mass is 15.0. The van der Waals surface area contributed by atoms with Crippen LogP contribution in [0.5, 0.6) is 0 Å². The van der Waals surface area contributed by atoms with Crippen molar-refractivity contribution >= 4 is 11.8 Å². The number of hydrogen-bond acceptors (Lipinski definition) is 6. The molecule has 0 saturated carbocycles. The van der Waals surface area contributed by atoms with E-state index in [9.17, 15) is 0 Å². The molecule has 0 aliphatic heterocycles. The first-order valence-electron chi connectivity index (χ1n) is 5.28. The third-order valence-corrected chi connectivity index (χ3v) is 2.18. The number of pyridine rings is 1. The summed E-state index contributed by atoms with van der Waals surface area (Å²) in [6.45, 7) is 1.24. The lowest BCUT2D eigenvalue weighted by Gasteiger charge is -2.06. The minimum absolute atomic E-state index is 0.260. The van der Waals surface area contributed by atoms with Crippen LogP contribution in [-0.4, -0.2) is 28.0 Å². The van der Waals surface area contributed by atoms with Crippen LogP contribution in [0, 0.1) is 0 Å². The van der Waals surface area contributed by atoms with Crippen molar-refractivity contribution in [2.24, 2.45) is 5.73 Å². The second kappa shape index (κ2) is 5.22. The van der Waals surface area contributed by atoms with E-state index in [1.165, 1.54) is 0 Å². The molecule has 0 amide bonds. The molecule has 2 heterocycles. The summed E-state index contributed by atoms with van der Waals surface area (Å²) in [6.07, 6.45) is 3.34. The second-order valence-corrected chi connectivity index (χ2v) is 3.45. The van der Waals surface area contributed by atoms with E-state index in [0.717, 1.165) is 17.1 Å². The second-order valence-electron chi connectivity index (χ2n) is 3.45. The van der Waals surface area contributed by atoms with E-state index in [1.807, 2.05) is 12.1 Å². The van der Waals surface area contributed by atoms with Crippen molar-refractivity contribution in [3.05, 3.63) is 30.6 Å². The molecule has 0 atom stereocenters. The number of nitrogen functional groups attached to an aromatic ring is 1. The zero-order chi connectivity index (χ0) is 12.1. The van der Waals surface area contributed by atoms with Gasteiger partial charge in [-0.25, -0.2) is 15.0 Å². The predicted molar refractivity (Wildman–Crippen MR) is 67.2 cm³/mol. The Hall–Kier alpha value is -2.21. The highest BCUT2D eigenvalue weighted by molar-refractivity contribution is 5.63. The normalized spacial score (nSPS) is 10.2.